The van der Waals surface area contributed by atoms with Crippen LogP contribution >= 0.6 is 0 Å². The smallest absolute Gasteiger partial charge is 0.161 e. The highest BCUT2D eigenvalue weighted by atomic mass is 19.2. The molecule has 6 rings (SSSR count). The van der Waals surface area contributed by atoms with E-state index in [2.05, 4.69) is 132 Å². The minimum absolute atomic E-state index is 0.157. The van der Waals surface area contributed by atoms with Crippen LogP contribution < -0.4 is 0 Å². The molecule has 0 spiro atoms. The highest BCUT2D eigenvalue weighted by molar-refractivity contribution is 5.59. The fourth-order valence-corrected chi connectivity index (χ4v) is 7.17. The van der Waals surface area contributed by atoms with Crippen LogP contribution in [0.5, 0.6) is 23.0 Å². The number of halogens is 4. The maximum atomic E-state index is 12.0. The molecule has 58 heavy (non-hydrogen) atoms. The van der Waals surface area contributed by atoms with Crippen molar-refractivity contribution >= 4 is 0 Å². The maximum absolute atomic E-state index is 12.0. The molecule has 8 heteroatoms. The van der Waals surface area contributed by atoms with E-state index >= 15 is 0 Å². The summed E-state index contributed by atoms with van der Waals surface area (Å²) in [4.78, 5) is 0. The van der Waals surface area contributed by atoms with Gasteiger partial charge < -0.3 is 20.4 Å². The largest absolute Gasteiger partial charge is 0.507 e. The summed E-state index contributed by atoms with van der Waals surface area (Å²) >= 11 is 0. The van der Waals surface area contributed by atoms with E-state index in [0.717, 1.165) is 66.8 Å². The van der Waals surface area contributed by atoms with Crippen molar-refractivity contribution in [2.75, 3.05) is 0 Å². The van der Waals surface area contributed by atoms with Crippen molar-refractivity contribution in [3.63, 3.8) is 0 Å². The zero-order valence-electron chi connectivity index (χ0n) is 35.9. The Morgan fingerprint density at radius 3 is 0.552 bits per heavy atom. The number of benzene rings is 5. The van der Waals surface area contributed by atoms with Gasteiger partial charge in [-0.25, -0.2) is 17.6 Å². The summed E-state index contributed by atoms with van der Waals surface area (Å²) in [5.41, 5.74) is 9.48. The summed E-state index contributed by atoms with van der Waals surface area (Å²) in [6, 6.07) is 16.8. The average Bonchev–Trinajstić information content (AvgIpc) is 3.08. The van der Waals surface area contributed by atoms with E-state index in [4.69, 9.17) is 0 Å². The van der Waals surface area contributed by atoms with Gasteiger partial charge in [0, 0.05) is 37.8 Å². The number of rotatable bonds is 0. The summed E-state index contributed by atoms with van der Waals surface area (Å²) in [6.07, 6.45) is 1.35. The van der Waals surface area contributed by atoms with Crippen molar-refractivity contribution < 1.29 is 38.0 Å². The van der Waals surface area contributed by atoms with Gasteiger partial charge in [-0.3, -0.25) is 0 Å². The predicted octanol–water partition coefficient (Wildman–Crippen LogP) is 12.6. The summed E-state index contributed by atoms with van der Waals surface area (Å²) in [6.45, 7) is 26.0. The number of hydrogen-bond donors (Lipinski definition) is 4. The van der Waals surface area contributed by atoms with Crippen molar-refractivity contribution in [1.29, 1.82) is 0 Å². The number of fused-ring (bicyclic) bond motifs is 8. The van der Waals surface area contributed by atoms with Gasteiger partial charge in [-0.15, -0.1) is 0 Å². The average molecular weight is 799 g/mol. The van der Waals surface area contributed by atoms with Gasteiger partial charge >= 0.3 is 0 Å². The van der Waals surface area contributed by atoms with Crippen LogP contribution in [0.15, 0.2) is 60.7 Å². The van der Waals surface area contributed by atoms with Crippen LogP contribution in [0.1, 0.15) is 150 Å². The van der Waals surface area contributed by atoms with Crippen LogP contribution in [0.25, 0.3) is 0 Å². The summed E-state index contributed by atoms with van der Waals surface area (Å²) in [7, 11) is 0. The Hall–Kier alpha value is -4.98. The standard InChI is InChI=1S/C44H56O4.C6H2F4/c1-41(2,3)33-17-25-13-27-19-34(42(4,5)6)21-29(38(27)46)15-31-23-36(44(10,11)12)24-32(40(31)48)16-30-22-35(43(7,8)9)20-28(39(30)47)14-26(18-33)37(25)45;7-3-1-4(8)6(10)2-5(3)9/h17-24,45-48H,13-16H2,1-12H3;1-2H. The molecule has 4 N–H and O–H groups in total. The second-order valence-corrected chi connectivity index (χ2v) is 20.0. The normalized spacial score (nSPS) is 13.5. The van der Waals surface area contributed by atoms with E-state index in [9.17, 15) is 38.0 Å². The second-order valence-electron chi connectivity index (χ2n) is 20.0. The Kier molecular flexibility index (Phi) is 11.9. The molecule has 0 atom stereocenters. The van der Waals surface area contributed by atoms with Crippen LogP contribution in [0.2, 0.25) is 0 Å². The summed E-state index contributed by atoms with van der Waals surface area (Å²) in [5, 5.41) is 47.6. The molecule has 1 aliphatic carbocycles. The van der Waals surface area contributed by atoms with Crippen LogP contribution in [-0.2, 0) is 47.3 Å². The van der Waals surface area contributed by atoms with Gasteiger partial charge in [0.2, 0.25) is 0 Å². The first-order chi connectivity index (χ1) is 26.5. The predicted molar refractivity (Wildman–Crippen MR) is 225 cm³/mol. The van der Waals surface area contributed by atoms with Crippen molar-refractivity contribution in [2.45, 2.75) is 130 Å². The lowest BCUT2D eigenvalue weighted by Gasteiger charge is -2.27. The summed E-state index contributed by atoms with van der Waals surface area (Å²) < 4.78 is 47.9. The molecule has 5 aromatic rings. The molecule has 0 unspecified atom stereocenters. The zero-order chi connectivity index (χ0) is 43.4. The first-order valence-corrected chi connectivity index (χ1v) is 19.8. The van der Waals surface area contributed by atoms with Crippen molar-refractivity contribution in [2.24, 2.45) is 0 Å². The number of phenols is 4. The SMILES string of the molecule is CC(C)(C)c1cc2c(O)c(c1)Cc1cc(C(C)(C)C)cc(c1O)Cc1cc(C(C)(C)C)cc(c1O)Cc1cc(C(C)(C)C)cc(c1O)C2.Fc1cc(F)c(F)cc1F. The van der Waals surface area contributed by atoms with E-state index in [0.29, 0.717) is 25.7 Å². The van der Waals surface area contributed by atoms with E-state index in [1.807, 2.05) is 0 Å². The minimum atomic E-state index is -1.39. The Balaban J connectivity index is 0.000000559. The third-order valence-corrected chi connectivity index (χ3v) is 11.0. The molecule has 0 fully saturated rings. The first kappa shape index (κ1) is 44.1. The topological polar surface area (TPSA) is 80.9 Å². The van der Waals surface area contributed by atoms with Gasteiger partial charge in [-0.2, -0.15) is 0 Å². The summed E-state index contributed by atoms with van der Waals surface area (Å²) in [5.74, 6) is -4.79. The second kappa shape index (κ2) is 15.6. The minimum Gasteiger partial charge on any atom is -0.507 e. The Morgan fingerprint density at radius 1 is 0.293 bits per heavy atom. The van der Waals surface area contributed by atoms with Gasteiger partial charge in [-0.05, 0) is 88.4 Å². The van der Waals surface area contributed by atoms with Crippen LogP contribution in [-0.4, -0.2) is 20.4 Å². The van der Waals surface area contributed by atoms with Gasteiger partial charge in [0.05, 0.1) is 0 Å². The monoisotopic (exact) mass is 798 g/mol. The maximum Gasteiger partial charge on any atom is 0.161 e. The molecule has 0 aliphatic heterocycles. The van der Waals surface area contributed by atoms with Gasteiger partial charge in [0.1, 0.15) is 23.0 Å². The molecule has 0 saturated heterocycles. The molecule has 310 valence electrons. The molecule has 1 aliphatic rings. The van der Waals surface area contributed by atoms with Crippen molar-refractivity contribution in [3.05, 3.63) is 151 Å². The number of phenolic OH excluding ortho intramolecular Hbond substituents is 4. The van der Waals surface area contributed by atoms with Crippen LogP contribution in [0, 0.1) is 23.3 Å². The lowest BCUT2D eigenvalue weighted by atomic mass is 9.79. The van der Waals surface area contributed by atoms with Gasteiger partial charge in [0.25, 0.3) is 0 Å². The molecule has 8 bridgehead atoms. The Labute approximate surface area is 341 Å². The van der Waals surface area contributed by atoms with Crippen LogP contribution in [0.4, 0.5) is 17.6 Å². The zero-order valence-corrected chi connectivity index (χ0v) is 35.9. The number of aromatic hydroxyl groups is 4. The molecular formula is C50H58F4O4. The highest BCUT2D eigenvalue weighted by Crippen LogP contribution is 2.43. The first-order valence-electron chi connectivity index (χ1n) is 19.8. The quantitative estimate of drug-likeness (QED) is 0.0911. The van der Waals surface area contributed by atoms with E-state index < -0.39 is 23.3 Å². The molecular weight excluding hydrogens is 741 g/mol. The molecule has 0 radical (unpaired) electrons. The molecule has 0 aromatic heterocycles. The molecule has 0 amide bonds. The van der Waals surface area contributed by atoms with Gasteiger partial charge in [-0.1, -0.05) is 132 Å². The van der Waals surface area contributed by atoms with E-state index in [1.54, 1.807) is 0 Å². The Morgan fingerprint density at radius 2 is 0.431 bits per heavy atom. The van der Waals surface area contributed by atoms with Crippen molar-refractivity contribution in [1.82, 2.24) is 0 Å². The lowest BCUT2D eigenvalue weighted by molar-refractivity contribution is 0.448. The third-order valence-electron chi connectivity index (χ3n) is 11.0. The van der Waals surface area contributed by atoms with E-state index in [1.165, 1.54) is 0 Å². The fourth-order valence-electron chi connectivity index (χ4n) is 7.17. The molecule has 4 nitrogen and oxygen atoms in total. The number of hydrogen-bond acceptors (Lipinski definition) is 4. The third kappa shape index (κ3) is 9.65. The van der Waals surface area contributed by atoms with Crippen LogP contribution in [0.3, 0.4) is 0 Å². The Bertz CT molecular complexity index is 1950. The highest BCUT2D eigenvalue weighted by Gasteiger charge is 2.27. The fraction of sp³-hybridized carbons (Fsp3) is 0.400. The van der Waals surface area contributed by atoms with Crippen molar-refractivity contribution in [3.8, 4) is 23.0 Å². The lowest BCUT2D eigenvalue weighted by Crippen LogP contribution is -2.15. The molecule has 0 heterocycles. The molecule has 0 saturated carbocycles. The van der Waals surface area contributed by atoms with Gasteiger partial charge in [0.15, 0.2) is 23.3 Å². The van der Waals surface area contributed by atoms with E-state index in [-0.39, 0.29) is 56.8 Å². The molecule has 5 aromatic carbocycles.